The molecule has 38 heavy (non-hydrogen) atoms. The second-order valence-corrected chi connectivity index (χ2v) is 11.4. The van der Waals surface area contributed by atoms with Crippen LogP contribution in [0.1, 0.15) is 42.5 Å². The number of aromatic nitrogens is 2. The molecule has 12 heteroatoms. The molecule has 0 spiro atoms. The van der Waals surface area contributed by atoms with E-state index in [-0.39, 0.29) is 23.9 Å². The highest BCUT2D eigenvalue weighted by atomic mass is 35.5. The minimum Gasteiger partial charge on any atom is -0.462 e. The first-order valence-electron chi connectivity index (χ1n) is 13.3. The summed E-state index contributed by atoms with van der Waals surface area (Å²) in [5, 5.41) is 3.25. The zero-order valence-electron chi connectivity index (χ0n) is 21.4. The molecule has 3 saturated heterocycles. The molecule has 0 radical (unpaired) electrons. The van der Waals surface area contributed by atoms with Gasteiger partial charge in [0.2, 0.25) is 0 Å². The third-order valence-corrected chi connectivity index (χ3v) is 8.63. The van der Waals surface area contributed by atoms with Crippen molar-refractivity contribution in [1.29, 1.82) is 0 Å². The van der Waals surface area contributed by atoms with Crippen molar-refractivity contribution in [2.75, 3.05) is 55.4 Å². The Labute approximate surface area is 225 Å². The fourth-order valence-electron chi connectivity index (χ4n) is 6.39. The van der Waals surface area contributed by atoms with Crippen LogP contribution in [-0.4, -0.2) is 72.8 Å². The van der Waals surface area contributed by atoms with Crippen LogP contribution < -0.4 is 25.6 Å². The number of hydrogen-bond acceptors (Lipinski definition) is 8. The molecule has 0 aliphatic carbocycles. The van der Waals surface area contributed by atoms with Gasteiger partial charge in [0.25, 0.3) is 0 Å². The molecule has 5 heterocycles. The van der Waals surface area contributed by atoms with Crippen LogP contribution in [0.5, 0.6) is 6.01 Å². The highest BCUT2D eigenvalue weighted by Gasteiger charge is 2.40. The highest BCUT2D eigenvalue weighted by Crippen LogP contribution is 2.44. The molecule has 2 aromatic rings. The molecule has 0 saturated carbocycles. The third kappa shape index (κ3) is 4.96. The van der Waals surface area contributed by atoms with Crippen LogP contribution in [0.3, 0.4) is 0 Å². The first-order chi connectivity index (χ1) is 18.2. The Kier molecular flexibility index (Phi) is 6.72. The van der Waals surface area contributed by atoms with E-state index >= 15 is 0 Å². The summed E-state index contributed by atoms with van der Waals surface area (Å²) in [6, 6.07) is 3.92. The van der Waals surface area contributed by atoms with Gasteiger partial charge in [-0.2, -0.15) is 23.1 Å². The number of likely N-dealkylation sites (N-methyl/N-ethyl adjacent to an activating group) is 1. The van der Waals surface area contributed by atoms with Crippen LogP contribution in [0.4, 0.5) is 30.4 Å². The van der Waals surface area contributed by atoms with Gasteiger partial charge in [-0.25, -0.2) is 0 Å². The normalized spacial score (nSPS) is 25.7. The number of ether oxygens (including phenoxy) is 1. The minimum atomic E-state index is -4.61. The topological polar surface area (TPSA) is 82.8 Å². The van der Waals surface area contributed by atoms with Crippen molar-refractivity contribution in [2.45, 2.75) is 63.0 Å². The summed E-state index contributed by atoms with van der Waals surface area (Å²) in [5.41, 5.74) is 6.89. The summed E-state index contributed by atoms with van der Waals surface area (Å²) < 4.78 is 48.2. The molecule has 1 aromatic carbocycles. The number of nitrogen functional groups attached to an aromatic ring is 1. The van der Waals surface area contributed by atoms with E-state index in [1.54, 1.807) is 4.90 Å². The first kappa shape index (κ1) is 25.8. The first-order valence-corrected chi connectivity index (χ1v) is 13.7. The van der Waals surface area contributed by atoms with Crippen LogP contribution in [-0.2, 0) is 19.1 Å². The Bertz CT molecular complexity index is 1200. The van der Waals surface area contributed by atoms with Gasteiger partial charge < -0.3 is 30.5 Å². The van der Waals surface area contributed by atoms with E-state index in [0.717, 1.165) is 62.8 Å². The predicted octanol–water partition coefficient (Wildman–Crippen LogP) is 3.71. The lowest BCUT2D eigenvalue weighted by atomic mass is 10.0. The molecule has 1 aromatic heterocycles. The summed E-state index contributed by atoms with van der Waals surface area (Å²) in [6.07, 6.45) is 0.355. The maximum absolute atomic E-state index is 14.0. The van der Waals surface area contributed by atoms with Gasteiger partial charge in [-0.15, -0.1) is 0 Å². The summed E-state index contributed by atoms with van der Waals surface area (Å²) in [5.74, 6) is 0.851. The van der Waals surface area contributed by atoms with Crippen LogP contribution in [0.2, 0.25) is 5.02 Å². The summed E-state index contributed by atoms with van der Waals surface area (Å²) in [7, 11) is 2.09. The average molecular weight is 552 g/mol. The molecule has 2 bridgehead atoms. The number of likely N-dealkylation sites (tertiary alicyclic amines) is 1. The number of rotatable bonds is 5. The van der Waals surface area contributed by atoms with E-state index in [4.69, 9.17) is 32.0 Å². The number of benzene rings is 1. The molecule has 8 nitrogen and oxygen atoms in total. The second kappa shape index (κ2) is 9.91. The minimum absolute atomic E-state index is 0.0245. The number of nitrogens with one attached hydrogen (secondary N) is 1. The van der Waals surface area contributed by atoms with Gasteiger partial charge in [0.15, 0.2) is 0 Å². The Morgan fingerprint density at radius 2 is 1.87 bits per heavy atom. The van der Waals surface area contributed by atoms with Gasteiger partial charge in [-0.05, 0) is 57.8 Å². The number of piperazine rings is 1. The van der Waals surface area contributed by atoms with Crippen LogP contribution >= 0.6 is 11.6 Å². The van der Waals surface area contributed by atoms with Gasteiger partial charge in [0.05, 0.1) is 28.5 Å². The van der Waals surface area contributed by atoms with E-state index in [9.17, 15) is 13.2 Å². The van der Waals surface area contributed by atoms with Crippen molar-refractivity contribution >= 4 is 28.8 Å². The number of nitrogens with zero attached hydrogens (tertiary/aromatic N) is 5. The fourth-order valence-corrected chi connectivity index (χ4v) is 6.72. The SMILES string of the molecule is CN1CCC[C@H]1COc1nc2c(c(N3CC4CCC(C3)N4)n1)CCN(c1cc(N)cc(Cl)c1C(F)(F)F)C2. The number of nitrogens with two attached hydrogens (primary N) is 1. The average Bonchev–Trinajstić information content (AvgIpc) is 3.43. The predicted molar refractivity (Wildman–Crippen MR) is 141 cm³/mol. The van der Waals surface area contributed by atoms with Crippen LogP contribution in [0.15, 0.2) is 12.1 Å². The Morgan fingerprint density at radius 1 is 1.11 bits per heavy atom. The molecule has 3 fully saturated rings. The van der Waals surface area contributed by atoms with Gasteiger partial charge in [0.1, 0.15) is 12.4 Å². The van der Waals surface area contributed by atoms with Gasteiger partial charge >= 0.3 is 12.2 Å². The van der Waals surface area contributed by atoms with E-state index in [2.05, 4.69) is 22.2 Å². The number of alkyl halides is 3. The molecule has 6 rings (SSSR count). The van der Waals surface area contributed by atoms with E-state index < -0.39 is 16.8 Å². The van der Waals surface area contributed by atoms with Crippen molar-refractivity contribution in [3.05, 3.63) is 34.0 Å². The number of anilines is 3. The largest absolute Gasteiger partial charge is 0.462 e. The van der Waals surface area contributed by atoms with Crippen molar-refractivity contribution in [3.63, 3.8) is 0 Å². The molecule has 3 atom stereocenters. The molecule has 206 valence electrons. The van der Waals surface area contributed by atoms with Crippen molar-refractivity contribution in [1.82, 2.24) is 20.2 Å². The molecule has 4 aliphatic rings. The van der Waals surface area contributed by atoms with E-state index in [1.807, 2.05) is 0 Å². The maximum Gasteiger partial charge on any atom is 0.419 e. The highest BCUT2D eigenvalue weighted by molar-refractivity contribution is 6.32. The molecule has 3 N–H and O–H groups in total. The molecule has 4 aliphatic heterocycles. The lowest BCUT2D eigenvalue weighted by molar-refractivity contribution is -0.137. The lowest BCUT2D eigenvalue weighted by Crippen LogP contribution is -2.52. The Hall–Kier alpha value is -2.50. The second-order valence-electron chi connectivity index (χ2n) is 11.0. The Balaban J connectivity index is 1.34. The van der Waals surface area contributed by atoms with Crippen molar-refractivity contribution in [3.8, 4) is 6.01 Å². The van der Waals surface area contributed by atoms with Crippen molar-refractivity contribution < 1.29 is 17.9 Å². The lowest BCUT2D eigenvalue weighted by Gasteiger charge is -2.38. The van der Waals surface area contributed by atoms with Crippen LogP contribution in [0, 0.1) is 0 Å². The zero-order valence-corrected chi connectivity index (χ0v) is 22.2. The van der Waals surface area contributed by atoms with E-state index in [0.29, 0.717) is 43.4 Å². The molecule has 2 unspecified atom stereocenters. The molecular formula is C26H33ClF3N7O. The zero-order chi connectivity index (χ0) is 26.6. The number of hydrogen-bond donors (Lipinski definition) is 2. The quantitative estimate of drug-likeness (QED) is 0.544. The summed E-state index contributed by atoms with van der Waals surface area (Å²) >= 11 is 6.05. The number of halogens is 4. The fraction of sp³-hybridized carbons (Fsp3) is 0.615. The summed E-state index contributed by atoms with van der Waals surface area (Å²) in [6.45, 7) is 3.76. The third-order valence-electron chi connectivity index (χ3n) is 8.33. The molecule has 0 amide bonds. The van der Waals surface area contributed by atoms with Gasteiger partial charge in [-0.3, -0.25) is 0 Å². The van der Waals surface area contributed by atoms with Crippen LogP contribution in [0.25, 0.3) is 0 Å². The standard InChI is InChI=1S/C26H33ClF3N7O/c1-35-7-2-3-18(35)14-38-25-33-21-13-36(22-10-15(31)9-20(27)23(22)26(28,29)30)8-6-19(21)24(34-25)37-11-16-4-5-17(12-37)32-16/h9-10,16-18,32H,2-8,11-14,31H2,1H3/t16?,17?,18-/m0/s1. The van der Waals surface area contributed by atoms with Gasteiger partial charge in [0, 0.05) is 49.0 Å². The summed E-state index contributed by atoms with van der Waals surface area (Å²) in [4.78, 5) is 15.9. The van der Waals surface area contributed by atoms with E-state index in [1.165, 1.54) is 6.07 Å². The van der Waals surface area contributed by atoms with Gasteiger partial charge in [-0.1, -0.05) is 11.6 Å². The number of fused-ring (bicyclic) bond motifs is 3. The maximum atomic E-state index is 14.0. The Morgan fingerprint density at radius 3 is 2.55 bits per heavy atom. The monoisotopic (exact) mass is 551 g/mol. The smallest absolute Gasteiger partial charge is 0.419 e. The molecular weight excluding hydrogens is 519 g/mol. The van der Waals surface area contributed by atoms with Crippen molar-refractivity contribution in [2.24, 2.45) is 0 Å².